The lowest BCUT2D eigenvalue weighted by atomic mass is 10.2. The van der Waals surface area contributed by atoms with E-state index in [2.05, 4.69) is 20.5 Å². The Hall–Kier alpha value is -3.58. The molecule has 0 radical (unpaired) electrons. The summed E-state index contributed by atoms with van der Waals surface area (Å²) in [5.41, 5.74) is 0.778. The Morgan fingerprint density at radius 2 is 1.80 bits per heavy atom. The fourth-order valence-electron chi connectivity index (χ4n) is 4.83. The fourth-order valence-corrected chi connectivity index (χ4v) is 4.83. The zero-order chi connectivity index (χ0) is 29.4. The second-order valence-corrected chi connectivity index (χ2v) is 10.4. The maximum absolute atomic E-state index is 13.7. The second-order valence-electron chi connectivity index (χ2n) is 10.4. The molecule has 0 saturated carbocycles. The van der Waals surface area contributed by atoms with Gasteiger partial charge in [0, 0.05) is 69.5 Å². The number of alkyl halides is 3. The first kappa shape index (κ1) is 30.4. The van der Waals surface area contributed by atoms with Crippen molar-refractivity contribution in [1.82, 2.24) is 19.7 Å². The summed E-state index contributed by atoms with van der Waals surface area (Å²) in [4.78, 5) is 36.0. The molecule has 0 unspecified atom stereocenters. The predicted molar refractivity (Wildman–Crippen MR) is 151 cm³/mol. The van der Waals surface area contributed by atoms with Gasteiger partial charge in [-0.2, -0.15) is 13.2 Å². The first-order valence-corrected chi connectivity index (χ1v) is 13.8. The molecule has 0 bridgehead atoms. The van der Waals surface area contributed by atoms with Crippen LogP contribution >= 0.6 is 0 Å². The molecule has 3 heterocycles. The monoisotopic (exact) mass is 577 g/mol. The lowest BCUT2D eigenvalue weighted by molar-refractivity contribution is -0.137. The van der Waals surface area contributed by atoms with Gasteiger partial charge >= 0.3 is 6.18 Å². The Morgan fingerprint density at radius 3 is 2.49 bits per heavy atom. The quantitative estimate of drug-likeness (QED) is 0.417. The first-order chi connectivity index (χ1) is 19.6. The Labute approximate surface area is 238 Å². The van der Waals surface area contributed by atoms with E-state index in [1.54, 1.807) is 4.90 Å². The van der Waals surface area contributed by atoms with Crippen LogP contribution in [-0.4, -0.2) is 111 Å². The van der Waals surface area contributed by atoms with Gasteiger partial charge in [0.1, 0.15) is 5.82 Å². The molecule has 224 valence electrons. The topological polar surface area (TPSA) is 93.3 Å². The minimum atomic E-state index is -4.56. The number of benzene rings is 1. The Balaban J connectivity index is 1.33. The molecule has 2 aliphatic rings. The molecule has 2 saturated heterocycles. The van der Waals surface area contributed by atoms with Crippen molar-refractivity contribution in [3.63, 3.8) is 0 Å². The number of hydrogen-bond acceptors (Lipinski definition) is 8. The van der Waals surface area contributed by atoms with Gasteiger partial charge in [-0.1, -0.05) is 0 Å². The average Bonchev–Trinajstić information content (AvgIpc) is 3.14. The van der Waals surface area contributed by atoms with Gasteiger partial charge in [0.2, 0.25) is 11.8 Å². The van der Waals surface area contributed by atoms with Crippen LogP contribution in [0.2, 0.25) is 0 Å². The number of piperazine rings is 1. The van der Waals surface area contributed by atoms with Gasteiger partial charge < -0.3 is 35.0 Å². The molecule has 2 amide bonds. The second kappa shape index (κ2) is 13.9. The molecular formula is C28H38F3N7O3. The summed E-state index contributed by atoms with van der Waals surface area (Å²) in [5.74, 6) is 0.396. The summed E-state index contributed by atoms with van der Waals surface area (Å²) in [6.45, 7) is 5.21. The van der Waals surface area contributed by atoms with E-state index in [4.69, 9.17) is 4.74 Å². The summed E-state index contributed by atoms with van der Waals surface area (Å²) < 4.78 is 46.3. The van der Waals surface area contributed by atoms with Crippen molar-refractivity contribution in [2.45, 2.75) is 19.0 Å². The third-order valence-electron chi connectivity index (χ3n) is 7.04. The van der Waals surface area contributed by atoms with Crippen molar-refractivity contribution >= 4 is 34.7 Å². The summed E-state index contributed by atoms with van der Waals surface area (Å²) >= 11 is 0. The number of nitrogens with one attached hydrogen (secondary N) is 2. The van der Waals surface area contributed by atoms with Crippen LogP contribution in [0.25, 0.3) is 0 Å². The lowest BCUT2D eigenvalue weighted by Crippen LogP contribution is -2.50. The Kier molecular flexibility index (Phi) is 10.3. The number of anilines is 4. The summed E-state index contributed by atoms with van der Waals surface area (Å²) in [6, 6.07) is 8.95. The number of nitrogens with zero attached hydrogens (tertiary/aromatic N) is 5. The molecule has 0 aliphatic carbocycles. The van der Waals surface area contributed by atoms with Gasteiger partial charge in [-0.05, 0) is 44.8 Å². The van der Waals surface area contributed by atoms with Crippen LogP contribution in [-0.2, 0) is 20.5 Å². The molecule has 0 atom stereocenters. The van der Waals surface area contributed by atoms with Crippen LogP contribution in [0, 0.1) is 0 Å². The molecule has 0 spiro atoms. The van der Waals surface area contributed by atoms with Crippen molar-refractivity contribution in [2.75, 3.05) is 95.2 Å². The average molecular weight is 578 g/mol. The number of carbonyl (C=O) groups excluding carboxylic acids is 2. The number of pyridine rings is 1. The van der Waals surface area contributed by atoms with Gasteiger partial charge in [0.05, 0.1) is 37.4 Å². The van der Waals surface area contributed by atoms with E-state index in [1.165, 1.54) is 6.07 Å². The maximum Gasteiger partial charge on any atom is 0.419 e. The van der Waals surface area contributed by atoms with Gasteiger partial charge in [-0.15, -0.1) is 0 Å². The molecule has 2 N–H and O–H groups in total. The normalized spacial score (nSPS) is 16.6. The number of carbonyl (C=O) groups is 2. The van der Waals surface area contributed by atoms with E-state index in [0.717, 1.165) is 25.0 Å². The van der Waals surface area contributed by atoms with Gasteiger partial charge in [0.15, 0.2) is 0 Å². The zero-order valence-electron chi connectivity index (χ0n) is 23.5. The number of hydrogen-bond donors (Lipinski definition) is 2. The summed E-state index contributed by atoms with van der Waals surface area (Å²) in [7, 11) is 3.75. The molecule has 1 aromatic carbocycles. The highest BCUT2D eigenvalue weighted by atomic mass is 19.4. The highest BCUT2D eigenvalue weighted by Crippen LogP contribution is 2.36. The van der Waals surface area contributed by atoms with Crippen LogP contribution in [0.4, 0.5) is 36.1 Å². The third-order valence-corrected chi connectivity index (χ3v) is 7.04. The number of rotatable bonds is 10. The maximum atomic E-state index is 13.7. The number of amides is 2. The molecule has 2 aliphatic heterocycles. The molecule has 41 heavy (non-hydrogen) atoms. The summed E-state index contributed by atoms with van der Waals surface area (Å²) in [6.07, 6.45) is -2.92. The summed E-state index contributed by atoms with van der Waals surface area (Å²) in [5, 5.41) is 5.97. The SMILES string of the molecule is CN(C)CC(=O)N1CCN(c2ccc(Nc3cc(NCCCN4CCOCCC4=O)c(C(F)(F)F)cn3)cc2)CC1. The van der Waals surface area contributed by atoms with Crippen LogP contribution in [0.1, 0.15) is 18.4 Å². The smallest absolute Gasteiger partial charge is 0.384 e. The molecular weight excluding hydrogens is 539 g/mol. The van der Waals surface area contributed by atoms with Crippen LogP contribution in [0.15, 0.2) is 36.5 Å². The number of ether oxygens (including phenoxy) is 1. The highest BCUT2D eigenvalue weighted by molar-refractivity contribution is 5.78. The fraction of sp³-hybridized carbons (Fsp3) is 0.536. The molecule has 2 aromatic rings. The molecule has 13 heteroatoms. The van der Waals surface area contributed by atoms with E-state index < -0.39 is 11.7 Å². The van der Waals surface area contributed by atoms with Crippen LogP contribution in [0.3, 0.4) is 0 Å². The lowest BCUT2D eigenvalue weighted by Gasteiger charge is -2.36. The van der Waals surface area contributed by atoms with E-state index in [0.29, 0.717) is 64.5 Å². The van der Waals surface area contributed by atoms with Crippen molar-refractivity contribution in [2.24, 2.45) is 0 Å². The van der Waals surface area contributed by atoms with Gasteiger partial charge in [0.25, 0.3) is 0 Å². The number of aromatic nitrogens is 1. The minimum absolute atomic E-state index is 0.00253. The van der Waals surface area contributed by atoms with E-state index in [1.807, 2.05) is 48.2 Å². The van der Waals surface area contributed by atoms with E-state index in [-0.39, 0.29) is 29.9 Å². The van der Waals surface area contributed by atoms with Crippen molar-refractivity contribution < 1.29 is 27.5 Å². The third kappa shape index (κ3) is 8.70. The molecule has 10 nitrogen and oxygen atoms in total. The standard InChI is InChI=1S/C28H38F3N7O3/c1-35(2)20-27(40)38-13-11-36(12-14-38)22-6-4-21(5-7-22)34-25-18-24(23(19-33-25)28(29,30)31)32-9-3-10-37-15-17-41-16-8-26(37)39/h4-7,18-19H,3,8-17,20H2,1-2H3,(H2,32,33,34). The zero-order valence-corrected chi connectivity index (χ0v) is 23.5. The first-order valence-electron chi connectivity index (χ1n) is 13.8. The Bertz CT molecular complexity index is 1170. The van der Waals surface area contributed by atoms with E-state index >= 15 is 0 Å². The predicted octanol–water partition coefficient (Wildman–Crippen LogP) is 3.11. The number of likely N-dealkylation sites (N-methyl/N-ethyl adjacent to an activating group) is 1. The molecule has 4 rings (SSSR count). The molecule has 1 aromatic heterocycles. The Morgan fingerprint density at radius 1 is 1.07 bits per heavy atom. The van der Waals surface area contributed by atoms with Crippen molar-refractivity contribution in [3.8, 4) is 0 Å². The highest BCUT2D eigenvalue weighted by Gasteiger charge is 2.34. The largest absolute Gasteiger partial charge is 0.419 e. The van der Waals surface area contributed by atoms with Gasteiger partial charge in [-0.3, -0.25) is 9.59 Å². The van der Waals surface area contributed by atoms with Crippen molar-refractivity contribution in [1.29, 1.82) is 0 Å². The van der Waals surface area contributed by atoms with Gasteiger partial charge in [-0.25, -0.2) is 4.98 Å². The number of halogens is 3. The molecule has 2 fully saturated rings. The minimum Gasteiger partial charge on any atom is -0.384 e. The van der Waals surface area contributed by atoms with Crippen LogP contribution < -0.4 is 15.5 Å². The van der Waals surface area contributed by atoms with Crippen LogP contribution in [0.5, 0.6) is 0 Å². The van der Waals surface area contributed by atoms with E-state index in [9.17, 15) is 22.8 Å². The van der Waals surface area contributed by atoms with Crippen molar-refractivity contribution in [3.05, 3.63) is 42.1 Å².